The van der Waals surface area contributed by atoms with Crippen LogP contribution in [0.1, 0.15) is 31.4 Å². The molecule has 1 saturated carbocycles. The zero-order valence-electron chi connectivity index (χ0n) is 11.9. The van der Waals surface area contributed by atoms with E-state index in [0.717, 1.165) is 31.4 Å². The molecule has 1 aromatic heterocycles. The van der Waals surface area contributed by atoms with Gasteiger partial charge in [-0.15, -0.1) is 0 Å². The van der Waals surface area contributed by atoms with Crippen LogP contribution >= 0.6 is 0 Å². The Morgan fingerprint density at radius 2 is 2.20 bits per heavy atom. The van der Waals surface area contributed by atoms with Gasteiger partial charge in [0, 0.05) is 18.3 Å². The molecule has 1 heterocycles. The molecule has 0 aliphatic heterocycles. The Morgan fingerprint density at radius 3 is 2.90 bits per heavy atom. The smallest absolute Gasteiger partial charge is 0.306 e. The van der Waals surface area contributed by atoms with E-state index in [9.17, 15) is 9.90 Å². The number of carboxylic acids is 1. The Hall–Kier alpha value is -1.85. The Kier molecular flexibility index (Phi) is 4.76. The van der Waals surface area contributed by atoms with E-state index in [1.807, 2.05) is 6.92 Å². The third-order valence-corrected chi connectivity index (χ3v) is 3.79. The maximum atomic E-state index is 11.3. The molecule has 0 aromatic carbocycles. The highest BCUT2D eigenvalue weighted by Gasteiger charge is 2.30. The second-order valence-corrected chi connectivity index (χ2v) is 5.25. The van der Waals surface area contributed by atoms with E-state index in [2.05, 4.69) is 15.3 Å². The van der Waals surface area contributed by atoms with Gasteiger partial charge in [0.1, 0.15) is 0 Å². The van der Waals surface area contributed by atoms with Crippen LogP contribution in [0.5, 0.6) is 5.88 Å². The van der Waals surface area contributed by atoms with Gasteiger partial charge in [-0.25, -0.2) is 4.98 Å². The molecule has 6 heteroatoms. The summed E-state index contributed by atoms with van der Waals surface area (Å²) in [5, 5.41) is 12.4. The van der Waals surface area contributed by atoms with Gasteiger partial charge in [0.2, 0.25) is 11.8 Å². The Bertz CT molecular complexity index is 479. The second-order valence-electron chi connectivity index (χ2n) is 5.25. The van der Waals surface area contributed by atoms with Gasteiger partial charge in [-0.2, -0.15) is 4.98 Å². The third kappa shape index (κ3) is 3.59. The fraction of sp³-hybridized carbons (Fsp3) is 0.643. The highest BCUT2D eigenvalue weighted by molar-refractivity contribution is 5.70. The maximum absolute atomic E-state index is 11.3. The van der Waals surface area contributed by atoms with E-state index >= 15 is 0 Å². The van der Waals surface area contributed by atoms with Gasteiger partial charge in [-0.3, -0.25) is 4.79 Å². The third-order valence-electron chi connectivity index (χ3n) is 3.79. The molecule has 1 aliphatic rings. The Labute approximate surface area is 118 Å². The van der Waals surface area contributed by atoms with Gasteiger partial charge in [0.25, 0.3) is 0 Å². The van der Waals surface area contributed by atoms with Crippen LogP contribution in [0.4, 0.5) is 5.95 Å². The number of carboxylic acid groups (broad SMARTS) is 1. The van der Waals surface area contributed by atoms with Crippen LogP contribution in [0.3, 0.4) is 0 Å². The average Bonchev–Trinajstić information content (AvgIpc) is 2.44. The lowest BCUT2D eigenvalue weighted by atomic mass is 9.79. The normalized spacial score (nSPS) is 22.3. The monoisotopic (exact) mass is 279 g/mol. The summed E-state index contributed by atoms with van der Waals surface area (Å²) in [6, 6.07) is 1.76. The van der Waals surface area contributed by atoms with Crippen LogP contribution in [0.15, 0.2) is 6.07 Å². The minimum absolute atomic E-state index is 0.136. The molecule has 2 N–H and O–H groups in total. The molecule has 1 aliphatic carbocycles. The fourth-order valence-electron chi connectivity index (χ4n) is 2.72. The van der Waals surface area contributed by atoms with Gasteiger partial charge < -0.3 is 15.2 Å². The van der Waals surface area contributed by atoms with Crippen molar-refractivity contribution >= 4 is 11.9 Å². The molecule has 1 aromatic rings. The van der Waals surface area contributed by atoms with E-state index in [0.29, 0.717) is 18.4 Å². The van der Waals surface area contributed by atoms with Crippen LogP contribution < -0.4 is 10.1 Å². The first-order valence-electron chi connectivity index (χ1n) is 6.96. The van der Waals surface area contributed by atoms with E-state index in [1.165, 1.54) is 0 Å². The van der Waals surface area contributed by atoms with Crippen LogP contribution in [0.2, 0.25) is 0 Å². The van der Waals surface area contributed by atoms with Crippen molar-refractivity contribution < 1.29 is 14.6 Å². The Balaban J connectivity index is 2.00. The number of aromatic nitrogens is 2. The zero-order valence-corrected chi connectivity index (χ0v) is 11.9. The van der Waals surface area contributed by atoms with Crippen LogP contribution in [-0.2, 0) is 4.79 Å². The molecule has 0 saturated heterocycles. The summed E-state index contributed by atoms with van der Waals surface area (Å²) in [6.45, 7) is 2.46. The van der Waals surface area contributed by atoms with E-state index in [-0.39, 0.29) is 11.8 Å². The summed E-state index contributed by atoms with van der Waals surface area (Å²) >= 11 is 0. The van der Waals surface area contributed by atoms with Crippen molar-refractivity contribution in [2.75, 3.05) is 19.0 Å². The highest BCUT2D eigenvalue weighted by Crippen LogP contribution is 2.30. The molecule has 1 fully saturated rings. The van der Waals surface area contributed by atoms with E-state index in [1.54, 1.807) is 13.2 Å². The zero-order chi connectivity index (χ0) is 14.5. The van der Waals surface area contributed by atoms with E-state index < -0.39 is 5.97 Å². The number of anilines is 1. The minimum atomic E-state index is -0.695. The van der Waals surface area contributed by atoms with E-state index in [4.69, 9.17) is 4.74 Å². The average molecular weight is 279 g/mol. The summed E-state index contributed by atoms with van der Waals surface area (Å²) in [4.78, 5) is 19.8. The molecule has 6 nitrogen and oxygen atoms in total. The predicted molar refractivity (Wildman–Crippen MR) is 74.9 cm³/mol. The number of nitrogens with zero attached hydrogens (tertiary/aromatic N) is 2. The van der Waals surface area contributed by atoms with Gasteiger partial charge in [0.15, 0.2) is 0 Å². The molecular weight excluding hydrogens is 258 g/mol. The lowest BCUT2D eigenvalue weighted by Gasteiger charge is -2.28. The number of aryl methyl sites for hydroxylation is 1. The quantitative estimate of drug-likeness (QED) is 0.858. The second kappa shape index (κ2) is 6.54. The predicted octanol–water partition coefficient (Wildman–Crippen LogP) is 2.10. The summed E-state index contributed by atoms with van der Waals surface area (Å²) < 4.78 is 5.10. The Morgan fingerprint density at radius 1 is 1.45 bits per heavy atom. The summed E-state index contributed by atoms with van der Waals surface area (Å²) in [5.74, 6) is 0.188. The van der Waals surface area contributed by atoms with Gasteiger partial charge in [-0.1, -0.05) is 12.8 Å². The first-order valence-corrected chi connectivity index (χ1v) is 6.96. The first kappa shape index (κ1) is 14.6. The molecule has 2 unspecified atom stereocenters. The van der Waals surface area contributed by atoms with Gasteiger partial charge >= 0.3 is 5.97 Å². The van der Waals surface area contributed by atoms with Gasteiger partial charge in [-0.05, 0) is 25.7 Å². The standard InChI is InChI=1S/C14H21N3O3/c1-9-7-12(20-2)17-14(16-9)15-8-10-5-3-4-6-11(10)13(18)19/h7,10-11H,3-6,8H2,1-2H3,(H,18,19)(H,15,16,17). The molecule has 0 amide bonds. The number of nitrogens with one attached hydrogen (secondary N) is 1. The minimum Gasteiger partial charge on any atom is -0.481 e. The van der Waals surface area contributed by atoms with Crippen molar-refractivity contribution in [2.24, 2.45) is 11.8 Å². The summed E-state index contributed by atoms with van der Waals surface area (Å²) in [7, 11) is 1.56. The molecule has 20 heavy (non-hydrogen) atoms. The molecular formula is C14H21N3O3. The molecule has 0 radical (unpaired) electrons. The van der Waals surface area contributed by atoms with Crippen molar-refractivity contribution in [3.05, 3.63) is 11.8 Å². The first-order chi connectivity index (χ1) is 9.60. The summed E-state index contributed by atoms with van der Waals surface area (Å²) in [5.41, 5.74) is 0.817. The largest absolute Gasteiger partial charge is 0.481 e. The highest BCUT2D eigenvalue weighted by atomic mass is 16.5. The molecule has 2 rings (SSSR count). The lowest BCUT2D eigenvalue weighted by Crippen LogP contribution is -2.32. The van der Waals surface area contributed by atoms with Crippen molar-refractivity contribution in [3.63, 3.8) is 0 Å². The fourth-order valence-corrected chi connectivity index (χ4v) is 2.72. The number of rotatable bonds is 5. The van der Waals surface area contributed by atoms with Crippen molar-refractivity contribution in [1.29, 1.82) is 0 Å². The molecule has 0 bridgehead atoms. The van der Waals surface area contributed by atoms with Crippen LogP contribution in [0.25, 0.3) is 0 Å². The topological polar surface area (TPSA) is 84.3 Å². The lowest BCUT2D eigenvalue weighted by molar-refractivity contribution is -0.144. The molecule has 110 valence electrons. The number of aliphatic carboxylic acids is 1. The number of methoxy groups -OCH3 is 1. The molecule has 0 spiro atoms. The van der Waals surface area contributed by atoms with Crippen LogP contribution in [-0.4, -0.2) is 34.7 Å². The van der Waals surface area contributed by atoms with Crippen molar-refractivity contribution in [2.45, 2.75) is 32.6 Å². The number of ether oxygens (including phenoxy) is 1. The van der Waals surface area contributed by atoms with Crippen molar-refractivity contribution in [1.82, 2.24) is 9.97 Å². The van der Waals surface area contributed by atoms with Crippen molar-refractivity contribution in [3.8, 4) is 5.88 Å². The maximum Gasteiger partial charge on any atom is 0.306 e. The number of carbonyl (C=O) groups is 1. The number of hydrogen-bond donors (Lipinski definition) is 2. The number of hydrogen-bond acceptors (Lipinski definition) is 5. The van der Waals surface area contributed by atoms with Crippen LogP contribution in [0, 0.1) is 18.8 Å². The molecule has 2 atom stereocenters. The SMILES string of the molecule is COc1cc(C)nc(NCC2CCCCC2C(=O)O)n1. The summed E-state index contributed by atoms with van der Waals surface area (Å²) in [6.07, 6.45) is 3.79. The van der Waals surface area contributed by atoms with Gasteiger partial charge in [0.05, 0.1) is 13.0 Å².